The molecular weight excluding hydrogens is 346 g/mol. The topological polar surface area (TPSA) is 49.8 Å². The van der Waals surface area contributed by atoms with Gasteiger partial charge in [-0.15, -0.1) is 0 Å². The van der Waals surface area contributed by atoms with Crippen molar-refractivity contribution in [2.75, 3.05) is 17.7 Å². The summed E-state index contributed by atoms with van der Waals surface area (Å²) in [5.74, 6) is -0.590. The highest BCUT2D eigenvalue weighted by atomic mass is 19.1. The third-order valence-corrected chi connectivity index (χ3v) is 5.17. The van der Waals surface area contributed by atoms with Gasteiger partial charge in [-0.05, 0) is 42.7 Å². The molecule has 1 aromatic heterocycles. The standard InChI is InChI=1S/C21H22F2N4/c1-24-18-10-8-16(22)19(20(18)23)13-7-9-17-14(11-13)12-25-21(27-17)26-15-5-3-2-4-6-15/h7-12,15,24H,2-6H2,1H3,(H,25,26,27). The highest BCUT2D eigenvalue weighted by Gasteiger charge is 2.17. The summed E-state index contributed by atoms with van der Waals surface area (Å²) in [4.78, 5) is 8.95. The first-order valence-corrected chi connectivity index (χ1v) is 9.35. The summed E-state index contributed by atoms with van der Waals surface area (Å²) < 4.78 is 28.9. The first kappa shape index (κ1) is 17.6. The molecule has 0 saturated heterocycles. The maximum atomic E-state index is 14.6. The van der Waals surface area contributed by atoms with E-state index in [0.717, 1.165) is 23.7 Å². The molecule has 0 radical (unpaired) electrons. The van der Waals surface area contributed by atoms with E-state index in [2.05, 4.69) is 20.6 Å². The molecule has 0 bridgehead atoms. The second kappa shape index (κ2) is 7.47. The van der Waals surface area contributed by atoms with Gasteiger partial charge in [-0.25, -0.2) is 18.7 Å². The SMILES string of the molecule is CNc1ccc(F)c(-c2ccc3nc(NC4CCCCC4)ncc3c2)c1F. The lowest BCUT2D eigenvalue weighted by Crippen LogP contribution is -2.23. The molecule has 27 heavy (non-hydrogen) atoms. The Bertz CT molecular complexity index is 968. The quantitative estimate of drug-likeness (QED) is 0.651. The van der Waals surface area contributed by atoms with E-state index in [1.54, 1.807) is 31.4 Å². The minimum atomic E-state index is -0.603. The third kappa shape index (κ3) is 3.56. The van der Waals surface area contributed by atoms with Crippen LogP contribution in [0.2, 0.25) is 0 Å². The van der Waals surface area contributed by atoms with E-state index in [1.165, 1.54) is 31.4 Å². The molecule has 1 aliphatic rings. The summed E-state index contributed by atoms with van der Waals surface area (Å²) in [6.45, 7) is 0. The molecule has 1 aliphatic carbocycles. The number of benzene rings is 2. The van der Waals surface area contributed by atoms with Crippen LogP contribution in [0.15, 0.2) is 36.5 Å². The Morgan fingerprint density at radius 2 is 1.85 bits per heavy atom. The smallest absolute Gasteiger partial charge is 0.223 e. The minimum absolute atomic E-state index is 0.0480. The first-order valence-electron chi connectivity index (χ1n) is 9.35. The monoisotopic (exact) mass is 368 g/mol. The number of aromatic nitrogens is 2. The van der Waals surface area contributed by atoms with Gasteiger partial charge in [0.15, 0.2) is 5.82 Å². The van der Waals surface area contributed by atoms with Crippen LogP contribution in [0.5, 0.6) is 0 Å². The maximum absolute atomic E-state index is 14.6. The number of fused-ring (bicyclic) bond motifs is 1. The summed E-state index contributed by atoms with van der Waals surface area (Å²) >= 11 is 0. The molecular formula is C21H22F2N4. The fourth-order valence-electron chi connectivity index (χ4n) is 3.70. The molecule has 2 aromatic carbocycles. The number of halogens is 2. The lowest BCUT2D eigenvalue weighted by molar-refractivity contribution is 0.461. The lowest BCUT2D eigenvalue weighted by Gasteiger charge is -2.22. The van der Waals surface area contributed by atoms with Crippen LogP contribution in [0.25, 0.3) is 22.0 Å². The van der Waals surface area contributed by atoms with Gasteiger partial charge in [0, 0.05) is 24.7 Å². The van der Waals surface area contributed by atoms with Gasteiger partial charge in [0.2, 0.25) is 5.95 Å². The lowest BCUT2D eigenvalue weighted by atomic mass is 9.96. The molecule has 1 fully saturated rings. The maximum Gasteiger partial charge on any atom is 0.223 e. The van der Waals surface area contributed by atoms with E-state index in [4.69, 9.17) is 0 Å². The predicted molar refractivity (Wildman–Crippen MR) is 105 cm³/mol. The number of nitrogens with one attached hydrogen (secondary N) is 2. The summed E-state index contributed by atoms with van der Waals surface area (Å²) in [7, 11) is 1.61. The van der Waals surface area contributed by atoms with Crippen molar-refractivity contribution < 1.29 is 8.78 Å². The molecule has 6 heteroatoms. The number of rotatable bonds is 4. The second-order valence-corrected chi connectivity index (χ2v) is 6.98. The molecule has 0 spiro atoms. The second-order valence-electron chi connectivity index (χ2n) is 6.98. The van der Waals surface area contributed by atoms with Gasteiger partial charge < -0.3 is 10.6 Å². The predicted octanol–water partition coefficient (Wildman–Crippen LogP) is 5.36. The summed E-state index contributed by atoms with van der Waals surface area (Å²) in [5, 5.41) is 6.89. The van der Waals surface area contributed by atoms with Crippen molar-refractivity contribution in [2.45, 2.75) is 38.1 Å². The van der Waals surface area contributed by atoms with Crippen LogP contribution in [0.1, 0.15) is 32.1 Å². The van der Waals surface area contributed by atoms with Crippen LogP contribution in [0.4, 0.5) is 20.4 Å². The van der Waals surface area contributed by atoms with Gasteiger partial charge in [-0.1, -0.05) is 25.3 Å². The molecule has 4 rings (SSSR count). The Balaban J connectivity index is 1.66. The number of hydrogen-bond donors (Lipinski definition) is 2. The van der Waals surface area contributed by atoms with E-state index < -0.39 is 11.6 Å². The van der Waals surface area contributed by atoms with Crippen molar-refractivity contribution in [3.05, 3.63) is 48.2 Å². The van der Waals surface area contributed by atoms with Gasteiger partial charge in [-0.3, -0.25) is 0 Å². The average molecular weight is 368 g/mol. The van der Waals surface area contributed by atoms with Crippen LogP contribution in [0.3, 0.4) is 0 Å². The molecule has 4 nitrogen and oxygen atoms in total. The molecule has 1 saturated carbocycles. The minimum Gasteiger partial charge on any atom is -0.386 e. The van der Waals surface area contributed by atoms with Crippen molar-refractivity contribution in [1.29, 1.82) is 0 Å². The molecule has 0 aliphatic heterocycles. The first-order chi connectivity index (χ1) is 13.2. The van der Waals surface area contributed by atoms with E-state index in [-0.39, 0.29) is 11.3 Å². The van der Waals surface area contributed by atoms with Crippen molar-refractivity contribution in [1.82, 2.24) is 9.97 Å². The summed E-state index contributed by atoms with van der Waals surface area (Å²) in [6.07, 6.45) is 7.74. The molecule has 140 valence electrons. The van der Waals surface area contributed by atoms with Crippen molar-refractivity contribution in [3.8, 4) is 11.1 Å². The molecule has 3 aromatic rings. The molecule has 0 atom stereocenters. The third-order valence-electron chi connectivity index (χ3n) is 5.17. The van der Waals surface area contributed by atoms with Gasteiger partial charge >= 0.3 is 0 Å². The van der Waals surface area contributed by atoms with Gasteiger partial charge in [0.05, 0.1) is 16.8 Å². The van der Waals surface area contributed by atoms with E-state index >= 15 is 0 Å². The Kier molecular flexibility index (Phi) is 4.88. The highest BCUT2D eigenvalue weighted by Crippen LogP contribution is 2.32. The van der Waals surface area contributed by atoms with E-state index in [0.29, 0.717) is 17.6 Å². The van der Waals surface area contributed by atoms with Gasteiger partial charge in [-0.2, -0.15) is 0 Å². The van der Waals surface area contributed by atoms with Gasteiger partial charge in [0.1, 0.15) is 5.82 Å². The van der Waals surface area contributed by atoms with Crippen LogP contribution in [0, 0.1) is 11.6 Å². The fraction of sp³-hybridized carbons (Fsp3) is 0.333. The number of anilines is 2. The van der Waals surface area contributed by atoms with Crippen molar-refractivity contribution >= 4 is 22.5 Å². The summed E-state index contributed by atoms with van der Waals surface area (Å²) in [6, 6.07) is 8.27. The zero-order chi connectivity index (χ0) is 18.8. The Hall–Kier alpha value is -2.76. The van der Waals surface area contributed by atoms with Gasteiger partial charge in [0.25, 0.3) is 0 Å². The zero-order valence-corrected chi connectivity index (χ0v) is 15.2. The molecule has 0 unspecified atom stereocenters. The van der Waals surface area contributed by atoms with E-state index in [9.17, 15) is 8.78 Å². The van der Waals surface area contributed by atoms with Crippen molar-refractivity contribution in [2.24, 2.45) is 0 Å². The zero-order valence-electron chi connectivity index (χ0n) is 15.2. The van der Waals surface area contributed by atoms with Crippen LogP contribution >= 0.6 is 0 Å². The molecule has 2 N–H and O–H groups in total. The van der Waals surface area contributed by atoms with Crippen LogP contribution in [-0.2, 0) is 0 Å². The fourth-order valence-corrected chi connectivity index (χ4v) is 3.70. The largest absolute Gasteiger partial charge is 0.386 e. The van der Waals surface area contributed by atoms with Crippen molar-refractivity contribution in [3.63, 3.8) is 0 Å². The number of hydrogen-bond acceptors (Lipinski definition) is 4. The number of nitrogens with zero attached hydrogens (tertiary/aromatic N) is 2. The molecule has 0 amide bonds. The Labute approximate surface area is 157 Å². The van der Waals surface area contributed by atoms with Crippen LogP contribution < -0.4 is 10.6 Å². The highest BCUT2D eigenvalue weighted by molar-refractivity contribution is 5.85. The normalized spacial score (nSPS) is 15.1. The Morgan fingerprint density at radius 1 is 1.04 bits per heavy atom. The van der Waals surface area contributed by atoms with E-state index in [1.807, 2.05) is 0 Å². The molecule has 1 heterocycles. The Morgan fingerprint density at radius 3 is 2.63 bits per heavy atom. The average Bonchev–Trinajstić information content (AvgIpc) is 2.69. The van der Waals surface area contributed by atoms with Crippen LogP contribution in [-0.4, -0.2) is 23.1 Å². The summed E-state index contributed by atoms with van der Waals surface area (Å²) in [5.41, 5.74) is 1.42.